The van der Waals surface area contributed by atoms with Crippen LogP contribution in [-0.4, -0.2) is 5.78 Å². The number of rotatable bonds is 3. The highest BCUT2D eigenvalue weighted by Gasteiger charge is 2.07. The third kappa shape index (κ3) is 2.28. The summed E-state index contributed by atoms with van der Waals surface area (Å²) in [4.78, 5) is 11.7. The summed E-state index contributed by atoms with van der Waals surface area (Å²) in [6.07, 6.45) is 0. The summed E-state index contributed by atoms with van der Waals surface area (Å²) in [6.45, 7) is 1.59. The van der Waals surface area contributed by atoms with E-state index in [9.17, 15) is 4.79 Å². The summed E-state index contributed by atoms with van der Waals surface area (Å²) < 4.78 is 0. The van der Waals surface area contributed by atoms with Gasteiger partial charge in [-0.3, -0.25) is 4.79 Å². The first kappa shape index (κ1) is 12.4. The topological polar surface area (TPSA) is 29.1 Å². The molecule has 98 valence electrons. The average molecular weight is 261 g/mol. The van der Waals surface area contributed by atoms with Crippen molar-refractivity contribution in [2.24, 2.45) is 0 Å². The van der Waals surface area contributed by atoms with Crippen molar-refractivity contribution in [3.05, 3.63) is 72.3 Å². The van der Waals surface area contributed by atoms with Gasteiger partial charge in [-0.2, -0.15) is 0 Å². The van der Waals surface area contributed by atoms with Gasteiger partial charge in [0.05, 0.1) is 0 Å². The maximum absolute atomic E-state index is 11.7. The molecule has 3 aromatic carbocycles. The number of anilines is 2. The third-order valence-corrected chi connectivity index (χ3v) is 3.37. The Labute approximate surface area is 118 Å². The van der Waals surface area contributed by atoms with Gasteiger partial charge in [0.1, 0.15) is 0 Å². The van der Waals surface area contributed by atoms with E-state index in [1.54, 1.807) is 6.92 Å². The molecule has 0 aliphatic rings. The molecule has 2 nitrogen and oxygen atoms in total. The van der Waals surface area contributed by atoms with Crippen LogP contribution in [0.25, 0.3) is 10.8 Å². The first-order valence-electron chi connectivity index (χ1n) is 6.60. The molecule has 0 fully saturated rings. The van der Waals surface area contributed by atoms with Crippen LogP contribution in [0.2, 0.25) is 0 Å². The average Bonchev–Trinajstić information content (AvgIpc) is 2.48. The Kier molecular flexibility index (Phi) is 3.21. The van der Waals surface area contributed by atoms with Gasteiger partial charge < -0.3 is 5.32 Å². The molecule has 0 aromatic heterocycles. The van der Waals surface area contributed by atoms with Crippen LogP contribution in [0.3, 0.4) is 0 Å². The quantitative estimate of drug-likeness (QED) is 0.687. The second-order valence-corrected chi connectivity index (χ2v) is 4.75. The molecule has 20 heavy (non-hydrogen) atoms. The highest BCUT2D eigenvalue weighted by molar-refractivity contribution is 6.02. The van der Waals surface area contributed by atoms with Gasteiger partial charge in [-0.25, -0.2) is 0 Å². The fraction of sp³-hybridized carbons (Fsp3) is 0.0556. The molecular formula is C18H15NO. The van der Waals surface area contributed by atoms with Gasteiger partial charge in [0.2, 0.25) is 0 Å². The van der Waals surface area contributed by atoms with Crippen LogP contribution in [0, 0.1) is 0 Å². The number of hydrogen-bond donors (Lipinski definition) is 1. The molecule has 0 unspecified atom stereocenters. The van der Waals surface area contributed by atoms with E-state index in [1.807, 2.05) is 48.5 Å². The van der Waals surface area contributed by atoms with Crippen LogP contribution in [-0.2, 0) is 0 Å². The number of para-hydroxylation sites is 1. The Morgan fingerprint density at radius 2 is 1.45 bits per heavy atom. The molecule has 0 saturated heterocycles. The summed E-state index contributed by atoms with van der Waals surface area (Å²) in [6, 6.07) is 21.9. The van der Waals surface area contributed by atoms with Crippen molar-refractivity contribution in [2.45, 2.75) is 6.92 Å². The molecule has 0 heterocycles. The highest BCUT2D eigenvalue weighted by atomic mass is 16.1. The number of carbonyl (C=O) groups excluding carboxylic acids is 1. The van der Waals surface area contributed by atoms with Crippen LogP contribution in [0.1, 0.15) is 17.3 Å². The minimum atomic E-state index is 0.0633. The first-order valence-corrected chi connectivity index (χ1v) is 6.60. The van der Waals surface area contributed by atoms with Crippen molar-refractivity contribution in [1.29, 1.82) is 0 Å². The monoisotopic (exact) mass is 261 g/mol. The summed E-state index contributed by atoms with van der Waals surface area (Å²) >= 11 is 0. The molecule has 0 amide bonds. The number of Topliss-reactive ketones (excluding diaryl/α,β-unsaturated/α-hetero) is 1. The smallest absolute Gasteiger partial charge is 0.161 e. The lowest BCUT2D eigenvalue weighted by Crippen LogP contribution is -2.00. The van der Waals surface area contributed by atoms with Crippen molar-refractivity contribution in [3.8, 4) is 0 Å². The standard InChI is InChI=1S/C18H15NO/c1-13(20)15-9-4-5-11-17(15)19-18-12-6-8-14-7-2-3-10-16(14)18/h2-12,19H,1H3. The van der Waals surface area contributed by atoms with E-state index in [1.165, 1.54) is 5.39 Å². The minimum absolute atomic E-state index is 0.0633. The zero-order valence-corrected chi connectivity index (χ0v) is 11.3. The molecule has 3 rings (SSSR count). The molecule has 3 aromatic rings. The van der Waals surface area contributed by atoms with Crippen LogP contribution in [0.5, 0.6) is 0 Å². The fourth-order valence-electron chi connectivity index (χ4n) is 2.38. The van der Waals surface area contributed by atoms with Gasteiger partial charge in [-0.15, -0.1) is 0 Å². The number of carbonyl (C=O) groups is 1. The maximum Gasteiger partial charge on any atom is 0.161 e. The minimum Gasteiger partial charge on any atom is -0.354 e. The van der Waals surface area contributed by atoms with Gasteiger partial charge in [-0.1, -0.05) is 48.5 Å². The lowest BCUT2D eigenvalue weighted by molar-refractivity contribution is 0.101. The van der Waals surface area contributed by atoms with Gasteiger partial charge in [0.15, 0.2) is 5.78 Å². The second kappa shape index (κ2) is 5.17. The molecule has 0 spiro atoms. The molecule has 0 saturated carbocycles. The van der Waals surface area contributed by atoms with Crippen molar-refractivity contribution in [1.82, 2.24) is 0 Å². The van der Waals surface area contributed by atoms with Crippen LogP contribution < -0.4 is 5.32 Å². The van der Waals surface area contributed by atoms with E-state index in [2.05, 4.69) is 23.5 Å². The largest absolute Gasteiger partial charge is 0.354 e. The molecule has 0 aliphatic carbocycles. The first-order chi connectivity index (χ1) is 9.75. The number of benzene rings is 3. The Morgan fingerprint density at radius 1 is 0.800 bits per heavy atom. The zero-order valence-electron chi connectivity index (χ0n) is 11.3. The molecular weight excluding hydrogens is 246 g/mol. The predicted molar refractivity (Wildman–Crippen MR) is 83.7 cm³/mol. The molecule has 1 N–H and O–H groups in total. The number of fused-ring (bicyclic) bond motifs is 1. The van der Waals surface area contributed by atoms with Gasteiger partial charge in [0.25, 0.3) is 0 Å². The van der Waals surface area contributed by atoms with Crippen molar-refractivity contribution < 1.29 is 4.79 Å². The molecule has 2 heteroatoms. The van der Waals surface area contributed by atoms with E-state index in [4.69, 9.17) is 0 Å². The van der Waals surface area contributed by atoms with Gasteiger partial charge in [-0.05, 0) is 30.5 Å². The Morgan fingerprint density at radius 3 is 2.30 bits per heavy atom. The number of hydrogen-bond acceptors (Lipinski definition) is 2. The van der Waals surface area contributed by atoms with Crippen molar-refractivity contribution in [2.75, 3.05) is 5.32 Å². The highest BCUT2D eigenvalue weighted by Crippen LogP contribution is 2.28. The summed E-state index contributed by atoms with van der Waals surface area (Å²) in [7, 11) is 0. The third-order valence-electron chi connectivity index (χ3n) is 3.37. The second-order valence-electron chi connectivity index (χ2n) is 4.75. The summed E-state index contributed by atoms with van der Waals surface area (Å²) in [5, 5.41) is 5.70. The van der Waals surface area contributed by atoms with E-state index in [0.717, 1.165) is 16.8 Å². The number of nitrogens with one attached hydrogen (secondary N) is 1. The van der Waals surface area contributed by atoms with Crippen LogP contribution in [0.15, 0.2) is 66.7 Å². The van der Waals surface area contributed by atoms with E-state index in [-0.39, 0.29) is 5.78 Å². The van der Waals surface area contributed by atoms with Gasteiger partial charge in [0, 0.05) is 22.3 Å². The fourth-order valence-corrected chi connectivity index (χ4v) is 2.38. The Balaban J connectivity index is 2.08. The van der Waals surface area contributed by atoms with Crippen molar-refractivity contribution in [3.63, 3.8) is 0 Å². The summed E-state index contributed by atoms with van der Waals surface area (Å²) in [5.74, 6) is 0.0633. The molecule has 0 radical (unpaired) electrons. The lowest BCUT2D eigenvalue weighted by Gasteiger charge is -2.12. The van der Waals surface area contributed by atoms with Crippen LogP contribution >= 0.6 is 0 Å². The van der Waals surface area contributed by atoms with Gasteiger partial charge >= 0.3 is 0 Å². The Hall–Kier alpha value is -2.61. The maximum atomic E-state index is 11.7. The SMILES string of the molecule is CC(=O)c1ccccc1Nc1cccc2ccccc12. The van der Waals surface area contributed by atoms with Crippen LogP contribution in [0.4, 0.5) is 11.4 Å². The molecule has 0 atom stereocenters. The zero-order chi connectivity index (χ0) is 13.9. The van der Waals surface area contributed by atoms with Crippen molar-refractivity contribution >= 4 is 27.9 Å². The van der Waals surface area contributed by atoms with E-state index in [0.29, 0.717) is 5.56 Å². The predicted octanol–water partition coefficient (Wildman–Crippen LogP) is 4.79. The normalized spacial score (nSPS) is 10.4. The lowest BCUT2D eigenvalue weighted by atomic mass is 10.1. The number of ketones is 1. The molecule has 0 aliphatic heterocycles. The summed E-state index contributed by atoms with van der Waals surface area (Å²) in [5.41, 5.74) is 2.56. The molecule has 0 bridgehead atoms. The van der Waals surface area contributed by atoms with E-state index >= 15 is 0 Å². The van der Waals surface area contributed by atoms with E-state index < -0.39 is 0 Å². The Bertz CT molecular complexity index is 772.